The summed E-state index contributed by atoms with van der Waals surface area (Å²) in [5, 5.41) is 9.28. The van der Waals surface area contributed by atoms with Gasteiger partial charge >= 0.3 is 5.97 Å². The van der Waals surface area contributed by atoms with E-state index in [1.54, 1.807) is 36.4 Å². The van der Waals surface area contributed by atoms with E-state index < -0.39 is 5.97 Å². The normalized spacial score (nSPS) is 13.6. The number of carbonyl (C=O) groups is 3. The van der Waals surface area contributed by atoms with Gasteiger partial charge in [0, 0.05) is 6.07 Å². The molecule has 1 atom stereocenters. The van der Waals surface area contributed by atoms with Crippen LogP contribution in [0.25, 0.3) is 0 Å². The SMILES string of the molecule is CCOc1cc(N2C(=O)c3ccccc3C2=O)ccc1CCc1ccc(C[C@@H](CC)C(=O)O)cc1. The minimum Gasteiger partial charge on any atom is -0.494 e. The van der Waals surface area contributed by atoms with Gasteiger partial charge < -0.3 is 9.84 Å². The highest BCUT2D eigenvalue weighted by Crippen LogP contribution is 2.33. The minimum absolute atomic E-state index is 0.325. The number of ether oxygens (including phenoxy) is 1. The lowest BCUT2D eigenvalue weighted by Crippen LogP contribution is -2.29. The lowest BCUT2D eigenvalue weighted by Gasteiger charge is -2.18. The molecule has 4 rings (SSSR count). The second-order valence-corrected chi connectivity index (χ2v) is 8.68. The number of anilines is 1. The molecule has 0 fully saturated rings. The molecule has 180 valence electrons. The summed E-state index contributed by atoms with van der Waals surface area (Å²) in [5.41, 5.74) is 4.48. The zero-order valence-corrected chi connectivity index (χ0v) is 20.0. The van der Waals surface area contributed by atoms with Gasteiger partial charge in [-0.3, -0.25) is 14.4 Å². The molecule has 0 aliphatic carbocycles. The number of rotatable bonds is 10. The number of aryl methyl sites for hydroxylation is 2. The Morgan fingerprint density at radius 2 is 1.51 bits per heavy atom. The first-order valence-electron chi connectivity index (χ1n) is 12.0. The highest BCUT2D eigenvalue weighted by Gasteiger charge is 2.36. The third kappa shape index (κ3) is 5.11. The highest BCUT2D eigenvalue weighted by molar-refractivity contribution is 6.34. The van der Waals surface area contributed by atoms with E-state index in [9.17, 15) is 19.5 Å². The van der Waals surface area contributed by atoms with Crippen molar-refractivity contribution in [2.24, 2.45) is 5.92 Å². The number of aliphatic carboxylic acids is 1. The van der Waals surface area contributed by atoms with Crippen LogP contribution in [0.3, 0.4) is 0 Å². The van der Waals surface area contributed by atoms with E-state index in [2.05, 4.69) is 0 Å². The van der Waals surface area contributed by atoms with Crippen molar-refractivity contribution in [3.8, 4) is 5.75 Å². The predicted octanol–water partition coefficient (Wildman–Crippen LogP) is 5.32. The molecule has 6 nitrogen and oxygen atoms in total. The Morgan fingerprint density at radius 3 is 2.09 bits per heavy atom. The molecule has 2 amide bonds. The average molecular weight is 472 g/mol. The molecule has 0 saturated carbocycles. The highest BCUT2D eigenvalue weighted by atomic mass is 16.5. The van der Waals surface area contributed by atoms with E-state index in [0.29, 0.717) is 42.0 Å². The quantitative estimate of drug-likeness (QED) is 0.404. The van der Waals surface area contributed by atoms with Crippen molar-refractivity contribution in [1.82, 2.24) is 0 Å². The summed E-state index contributed by atoms with van der Waals surface area (Å²) in [6.45, 7) is 4.26. The molecule has 1 heterocycles. The second kappa shape index (κ2) is 10.6. The van der Waals surface area contributed by atoms with Crippen LogP contribution in [0.5, 0.6) is 5.75 Å². The van der Waals surface area contributed by atoms with Crippen molar-refractivity contribution >= 4 is 23.5 Å². The van der Waals surface area contributed by atoms with E-state index in [1.807, 2.05) is 44.2 Å². The van der Waals surface area contributed by atoms with Crippen molar-refractivity contribution in [3.63, 3.8) is 0 Å². The summed E-state index contributed by atoms with van der Waals surface area (Å²) in [5.74, 6) is -1.12. The molecule has 0 spiro atoms. The molecular formula is C29H29NO5. The van der Waals surface area contributed by atoms with Crippen LogP contribution >= 0.6 is 0 Å². The van der Waals surface area contributed by atoms with Gasteiger partial charge in [0.1, 0.15) is 5.75 Å². The number of nitrogens with zero attached hydrogens (tertiary/aromatic N) is 1. The molecule has 0 radical (unpaired) electrons. The van der Waals surface area contributed by atoms with Crippen LogP contribution in [0, 0.1) is 5.92 Å². The zero-order valence-electron chi connectivity index (χ0n) is 20.0. The molecule has 0 unspecified atom stereocenters. The number of fused-ring (bicyclic) bond motifs is 1. The van der Waals surface area contributed by atoms with E-state index in [0.717, 1.165) is 29.5 Å². The zero-order chi connectivity index (χ0) is 24.9. The van der Waals surface area contributed by atoms with Crippen molar-refractivity contribution < 1.29 is 24.2 Å². The van der Waals surface area contributed by atoms with E-state index in [4.69, 9.17) is 4.74 Å². The predicted molar refractivity (Wildman–Crippen MR) is 134 cm³/mol. The summed E-state index contributed by atoms with van der Waals surface area (Å²) in [6, 6.07) is 20.4. The van der Waals surface area contributed by atoms with Crippen LogP contribution in [0.2, 0.25) is 0 Å². The first-order chi connectivity index (χ1) is 16.9. The van der Waals surface area contributed by atoms with Crippen LogP contribution in [-0.2, 0) is 24.1 Å². The fourth-order valence-corrected chi connectivity index (χ4v) is 4.41. The van der Waals surface area contributed by atoms with Crippen molar-refractivity contribution in [1.29, 1.82) is 0 Å². The van der Waals surface area contributed by atoms with E-state index in [-0.39, 0.29) is 17.7 Å². The topological polar surface area (TPSA) is 83.9 Å². The number of hydrogen-bond acceptors (Lipinski definition) is 4. The largest absolute Gasteiger partial charge is 0.494 e. The van der Waals surface area contributed by atoms with Gasteiger partial charge in [0.2, 0.25) is 0 Å². The summed E-state index contributed by atoms with van der Waals surface area (Å²) in [7, 11) is 0. The fraction of sp³-hybridized carbons (Fsp3) is 0.276. The Labute approximate surface area is 205 Å². The summed E-state index contributed by atoms with van der Waals surface area (Å²) in [4.78, 5) is 38.2. The Hall–Kier alpha value is -3.93. The summed E-state index contributed by atoms with van der Waals surface area (Å²) < 4.78 is 5.87. The van der Waals surface area contributed by atoms with Crippen LogP contribution < -0.4 is 9.64 Å². The number of carboxylic acid groups (broad SMARTS) is 1. The molecule has 1 aliphatic heterocycles. The van der Waals surface area contributed by atoms with E-state index >= 15 is 0 Å². The number of benzene rings is 3. The van der Waals surface area contributed by atoms with Crippen LogP contribution in [0.4, 0.5) is 5.69 Å². The molecule has 3 aromatic rings. The van der Waals surface area contributed by atoms with Gasteiger partial charge in [-0.25, -0.2) is 4.90 Å². The average Bonchev–Trinajstić information content (AvgIpc) is 3.12. The van der Waals surface area contributed by atoms with Gasteiger partial charge in [-0.1, -0.05) is 49.4 Å². The van der Waals surface area contributed by atoms with Crippen LogP contribution in [-0.4, -0.2) is 29.5 Å². The van der Waals surface area contributed by atoms with Gasteiger partial charge in [-0.15, -0.1) is 0 Å². The molecule has 3 aromatic carbocycles. The minimum atomic E-state index is -0.760. The number of carbonyl (C=O) groups excluding carboxylic acids is 2. The number of imide groups is 1. The van der Waals surface area contributed by atoms with E-state index in [1.165, 1.54) is 4.90 Å². The van der Waals surface area contributed by atoms with Gasteiger partial charge in [-0.2, -0.15) is 0 Å². The molecule has 0 saturated heterocycles. The van der Waals surface area contributed by atoms with Gasteiger partial charge in [0.15, 0.2) is 0 Å². The number of hydrogen-bond donors (Lipinski definition) is 1. The van der Waals surface area contributed by atoms with Crippen LogP contribution in [0.1, 0.15) is 57.7 Å². The van der Waals surface area contributed by atoms with Crippen molar-refractivity contribution in [3.05, 3.63) is 94.5 Å². The van der Waals surface area contributed by atoms with Gasteiger partial charge in [-0.05, 0) is 67.5 Å². The van der Waals surface area contributed by atoms with Gasteiger partial charge in [0.25, 0.3) is 11.8 Å². The Bertz CT molecular complexity index is 1210. The smallest absolute Gasteiger partial charge is 0.306 e. The van der Waals surface area contributed by atoms with Crippen molar-refractivity contribution in [2.75, 3.05) is 11.5 Å². The molecule has 1 N–H and O–H groups in total. The molecule has 0 aromatic heterocycles. The monoisotopic (exact) mass is 471 g/mol. The Morgan fingerprint density at radius 1 is 0.886 bits per heavy atom. The third-order valence-corrected chi connectivity index (χ3v) is 6.43. The molecular weight excluding hydrogens is 442 g/mol. The molecule has 6 heteroatoms. The molecule has 1 aliphatic rings. The lowest BCUT2D eigenvalue weighted by molar-refractivity contribution is -0.141. The number of carboxylic acids is 1. The van der Waals surface area contributed by atoms with Crippen LogP contribution in [0.15, 0.2) is 66.7 Å². The summed E-state index contributed by atoms with van der Waals surface area (Å²) in [6.07, 6.45) is 2.64. The second-order valence-electron chi connectivity index (χ2n) is 8.68. The third-order valence-electron chi connectivity index (χ3n) is 6.43. The maximum absolute atomic E-state index is 12.9. The van der Waals surface area contributed by atoms with Gasteiger partial charge in [0.05, 0.1) is 29.3 Å². The lowest BCUT2D eigenvalue weighted by atomic mass is 9.95. The Kier molecular flexibility index (Phi) is 7.30. The van der Waals surface area contributed by atoms with Crippen molar-refractivity contribution in [2.45, 2.75) is 39.5 Å². The Balaban J connectivity index is 1.48. The molecule has 0 bridgehead atoms. The maximum Gasteiger partial charge on any atom is 0.306 e. The first kappa shape index (κ1) is 24.2. The first-order valence-corrected chi connectivity index (χ1v) is 12.0. The summed E-state index contributed by atoms with van der Waals surface area (Å²) >= 11 is 0. The fourth-order valence-electron chi connectivity index (χ4n) is 4.41. The standard InChI is InChI=1S/C29H29NO5/c1-3-21(29(33)34)17-20-11-9-19(10-12-20)13-14-22-15-16-23(18-26(22)35-4-2)30-27(31)24-7-5-6-8-25(24)28(30)32/h5-12,15-16,18,21H,3-4,13-14,17H2,1-2H3,(H,33,34)/t21-/m1/s1. The maximum atomic E-state index is 12.9. The number of amides is 2. The molecule has 35 heavy (non-hydrogen) atoms.